The molecule has 2 aromatic heterocycles. The second-order valence-corrected chi connectivity index (χ2v) is 6.08. The molecule has 5 nitrogen and oxygen atoms in total. The minimum absolute atomic E-state index is 0.140. The van der Waals surface area contributed by atoms with E-state index in [0.29, 0.717) is 23.0 Å². The standard InChI is InChI=1S/C17H17N3O2/c1-2-13-7-12-9-18-14(8-16(12)22-13)17(21)19-15-10-20-5-3-11(15)4-6-20/h1,7-9,11,15H,3-6,10H2,(H,19,21). The van der Waals surface area contributed by atoms with E-state index in [1.807, 2.05) is 0 Å². The molecule has 3 fully saturated rings. The van der Waals surface area contributed by atoms with E-state index in [4.69, 9.17) is 10.8 Å². The lowest BCUT2D eigenvalue weighted by Gasteiger charge is -2.44. The Morgan fingerprint density at radius 3 is 2.91 bits per heavy atom. The van der Waals surface area contributed by atoms with Crippen molar-refractivity contribution in [1.29, 1.82) is 0 Å². The van der Waals surface area contributed by atoms with Crippen molar-refractivity contribution in [3.63, 3.8) is 0 Å². The molecule has 0 radical (unpaired) electrons. The van der Waals surface area contributed by atoms with Crippen molar-refractivity contribution in [3.05, 3.63) is 29.8 Å². The van der Waals surface area contributed by atoms with Gasteiger partial charge in [0, 0.05) is 36.3 Å². The van der Waals surface area contributed by atoms with E-state index in [-0.39, 0.29) is 11.9 Å². The number of rotatable bonds is 2. The van der Waals surface area contributed by atoms with Gasteiger partial charge < -0.3 is 14.6 Å². The monoisotopic (exact) mass is 295 g/mol. The van der Waals surface area contributed by atoms with E-state index in [2.05, 4.69) is 21.1 Å². The second kappa shape index (κ2) is 5.15. The van der Waals surface area contributed by atoms with Gasteiger partial charge in [-0.1, -0.05) is 0 Å². The highest BCUT2D eigenvalue weighted by Gasteiger charge is 2.35. The SMILES string of the molecule is C#Cc1cc2cnc(C(=O)NC3CN4CCC3CC4)cc2o1. The maximum Gasteiger partial charge on any atom is 0.270 e. The number of amides is 1. The predicted octanol–water partition coefficient (Wildman–Crippen LogP) is 1.63. The van der Waals surface area contributed by atoms with Gasteiger partial charge in [-0.25, -0.2) is 0 Å². The van der Waals surface area contributed by atoms with Gasteiger partial charge in [0.2, 0.25) is 0 Å². The van der Waals surface area contributed by atoms with Crippen molar-refractivity contribution < 1.29 is 9.21 Å². The van der Waals surface area contributed by atoms with Gasteiger partial charge in [-0.3, -0.25) is 9.78 Å². The fourth-order valence-corrected chi connectivity index (χ4v) is 3.50. The van der Waals surface area contributed by atoms with E-state index in [9.17, 15) is 4.79 Å². The third-order valence-corrected chi connectivity index (χ3v) is 4.75. The number of pyridine rings is 1. The Hall–Kier alpha value is -2.32. The third kappa shape index (κ3) is 2.26. The van der Waals surface area contributed by atoms with Crippen molar-refractivity contribution in [2.75, 3.05) is 19.6 Å². The highest BCUT2D eigenvalue weighted by atomic mass is 16.3. The predicted molar refractivity (Wildman–Crippen MR) is 82.4 cm³/mol. The minimum atomic E-state index is -0.140. The Labute approximate surface area is 128 Å². The normalized spacial score (nSPS) is 26.8. The summed E-state index contributed by atoms with van der Waals surface area (Å²) < 4.78 is 5.48. The molecule has 0 aliphatic carbocycles. The van der Waals surface area contributed by atoms with Crippen LogP contribution < -0.4 is 5.32 Å². The van der Waals surface area contributed by atoms with Crippen LogP contribution in [0.3, 0.4) is 0 Å². The third-order valence-electron chi connectivity index (χ3n) is 4.75. The first-order valence-electron chi connectivity index (χ1n) is 7.62. The van der Waals surface area contributed by atoms with E-state index < -0.39 is 0 Å². The minimum Gasteiger partial charge on any atom is -0.448 e. The quantitative estimate of drug-likeness (QED) is 0.856. The van der Waals surface area contributed by atoms with Gasteiger partial charge in [0.25, 0.3) is 5.91 Å². The Balaban J connectivity index is 1.54. The van der Waals surface area contributed by atoms with E-state index >= 15 is 0 Å². The van der Waals surface area contributed by atoms with E-state index in [0.717, 1.165) is 25.0 Å². The average molecular weight is 295 g/mol. The molecule has 5 heterocycles. The molecule has 3 saturated heterocycles. The zero-order valence-electron chi connectivity index (χ0n) is 12.2. The van der Waals surface area contributed by atoms with E-state index in [1.165, 1.54) is 12.8 Å². The van der Waals surface area contributed by atoms with Crippen LogP contribution in [0, 0.1) is 18.3 Å². The van der Waals surface area contributed by atoms with Crippen molar-refractivity contribution >= 4 is 16.9 Å². The van der Waals surface area contributed by atoms with Gasteiger partial charge in [0.05, 0.1) is 0 Å². The lowest BCUT2D eigenvalue weighted by molar-refractivity contribution is 0.0618. The maximum atomic E-state index is 12.4. The number of nitrogens with one attached hydrogen (secondary N) is 1. The number of carbonyl (C=O) groups is 1. The molecule has 0 aromatic carbocycles. The summed E-state index contributed by atoms with van der Waals surface area (Å²) in [4.78, 5) is 19.1. The van der Waals surface area contributed by atoms with Gasteiger partial charge in [0.15, 0.2) is 5.76 Å². The van der Waals surface area contributed by atoms with Crippen LogP contribution in [-0.2, 0) is 0 Å². The molecule has 2 aromatic rings. The number of nitrogens with zero attached hydrogens (tertiary/aromatic N) is 2. The van der Waals surface area contributed by atoms with E-state index in [1.54, 1.807) is 18.3 Å². The number of piperidine rings is 3. The zero-order valence-corrected chi connectivity index (χ0v) is 12.2. The Bertz CT molecular complexity index is 766. The Morgan fingerprint density at radius 1 is 1.41 bits per heavy atom. The summed E-state index contributed by atoms with van der Waals surface area (Å²) in [5.41, 5.74) is 0.976. The first-order chi connectivity index (χ1) is 10.7. The lowest BCUT2D eigenvalue weighted by atomic mass is 9.84. The number of carbonyl (C=O) groups excluding carboxylic acids is 1. The summed E-state index contributed by atoms with van der Waals surface area (Å²) in [5, 5.41) is 3.94. The molecule has 1 unspecified atom stereocenters. The fraction of sp³-hybridized carbons (Fsp3) is 0.412. The molecule has 0 spiro atoms. The number of furan rings is 1. The van der Waals surface area contributed by atoms with Crippen molar-refractivity contribution in [2.45, 2.75) is 18.9 Å². The summed E-state index contributed by atoms with van der Waals surface area (Å²) in [6.45, 7) is 3.26. The van der Waals surface area contributed by atoms with Crippen molar-refractivity contribution in [3.8, 4) is 12.3 Å². The molecule has 1 N–H and O–H groups in total. The van der Waals surface area contributed by atoms with Gasteiger partial charge in [-0.15, -0.1) is 6.42 Å². The van der Waals surface area contributed by atoms with Crippen LogP contribution in [-0.4, -0.2) is 41.5 Å². The largest absolute Gasteiger partial charge is 0.448 e. The Morgan fingerprint density at radius 2 is 2.23 bits per heavy atom. The molecular weight excluding hydrogens is 278 g/mol. The van der Waals surface area contributed by atoms with Gasteiger partial charge in [-0.2, -0.15) is 0 Å². The molecule has 0 saturated carbocycles. The van der Waals surface area contributed by atoms with Gasteiger partial charge >= 0.3 is 0 Å². The topological polar surface area (TPSA) is 58.4 Å². The lowest BCUT2D eigenvalue weighted by Crippen LogP contribution is -2.57. The van der Waals surface area contributed by atoms with Crippen LogP contribution in [0.2, 0.25) is 0 Å². The van der Waals surface area contributed by atoms with Gasteiger partial charge in [-0.05, 0) is 37.8 Å². The first-order valence-corrected chi connectivity index (χ1v) is 7.62. The molecule has 5 heteroatoms. The number of fused-ring (bicyclic) bond motifs is 4. The summed E-state index contributed by atoms with van der Waals surface area (Å²) in [6.07, 6.45) is 9.29. The molecular formula is C17H17N3O2. The van der Waals surface area contributed by atoms with Crippen molar-refractivity contribution in [2.24, 2.45) is 5.92 Å². The highest BCUT2D eigenvalue weighted by Crippen LogP contribution is 2.27. The molecule has 3 aliphatic rings. The molecule has 2 bridgehead atoms. The Kier molecular flexibility index (Phi) is 3.12. The maximum absolute atomic E-state index is 12.4. The fourth-order valence-electron chi connectivity index (χ4n) is 3.50. The molecule has 22 heavy (non-hydrogen) atoms. The number of hydrogen-bond donors (Lipinski definition) is 1. The summed E-state index contributed by atoms with van der Waals surface area (Å²) in [5.74, 6) is 3.35. The van der Waals surface area contributed by atoms with Crippen LogP contribution in [0.5, 0.6) is 0 Å². The molecule has 3 aliphatic heterocycles. The molecule has 1 amide bonds. The van der Waals surface area contributed by atoms with Crippen LogP contribution in [0.1, 0.15) is 29.1 Å². The first kappa shape index (κ1) is 13.4. The zero-order chi connectivity index (χ0) is 15.1. The molecule has 112 valence electrons. The summed E-state index contributed by atoms with van der Waals surface area (Å²) in [7, 11) is 0. The summed E-state index contributed by atoms with van der Waals surface area (Å²) in [6, 6.07) is 3.63. The second-order valence-electron chi connectivity index (χ2n) is 6.08. The number of aromatic nitrogens is 1. The van der Waals surface area contributed by atoms with Crippen molar-refractivity contribution in [1.82, 2.24) is 15.2 Å². The van der Waals surface area contributed by atoms with Gasteiger partial charge in [0.1, 0.15) is 11.3 Å². The van der Waals surface area contributed by atoms with Crippen LogP contribution in [0.15, 0.2) is 22.7 Å². The van der Waals surface area contributed by atoms with Crippen LogP contribution in [0.25, 0.3) is 11.0 Å². The molecule has 1 atom stereocenters. The number of terminal acetylenes is 1. The average Bonchev–Trinajstić information content (AvgIpc) is 2.98. The summed E-state index contributed by atoms with van der Waals surface area (Å²) >= 11 is 0. The molecule has 5 rings (SSSR count). The van der Waals surface area contributed by atoms with Crippen LogP contribution >= 0.6 is 0 Å². The highest BCUT2D eigenvalue weighted by molar-refractivity contribution is 5.95. The number of hydrogen-bond acceptors (Lipinski definition) is 4. The smallest absolute Gasteiger partial charge is 0.270 e. The van der Waals surface area contributed by atoms with Crippen LogP contribution in [0.4, 0.5) is 0 Å².